The van der Waals surface area contributed by atoms with Crippen LogP contribution in [0, 0.1) is 5.82 Å². The highest BCUT2D eigenvalue weighted by Gasteiger charge is 2.33. The van der Waals surface area contributed by atoms with Gasteiger partial charge in [-0.2, -0.15) is 0 Å². The highest BCUT2D eigenvalue weighted by molar-refractivity contribution is 7.07. The van der Waals surface area contributed by atoms with Crippen molar-refractivity contribution in [3.8, 4) is 0 Å². The summed E-state index contributed by atoms with van der Waals surface area (Å²) in [5.74, 6) is -0.394. The van der Waals surface area contributed by atoms with Gasteiger partial charge in [-0.1, -0.05) is 85.8 Å². The molecule has 3 aromatic carbocycles. The number of benzene rings is 3. The van der Waals surface area contributed by atoms with Crippen molar-refractivity contribution in [2.75, 3.05) is 6.61 Å². The van der Waals surface area contributed by atoms with Crippen molar-refractivity contribution in [1.82, 2.24) is 9.13 Å². The molecule has 0 saturated carbocycles. The van der Waals surface area contributed by atoms with E-state index in [0.717, 1.165) is 22.0 Å². The summed E-state index contributed by atoms with van der Waals surface area (Å²) in [4.78, 5) is 32.6. The molecule has 0 N–H and O–H groups in total. The standard InChI is InChI=1S/C35H32FN3O3S/c1-5-42-34(41)31-22(4)37-35-39(32(31)24-16-14-23(15-17-24)21(2)3)33(40)30(43-35)18-26-20-38(29-13-9-7-11-27(26)29)19-25-10-6-8-12-28(25)36/h6-18,20-21,32H,5,19H2,1-4H3/t32-/m0/s1. The van der Waals surface area contributed by atoms with Crippen molar-refractivity contribution in [2.45, 2.75) is 46.2 Å². The van der Waals surface area contributed by atoms with Crippen LogP contribution in [-0.2, 0) is 16.1 Å². The number of hydrogen-bond donors (Lipinski definition) is 0. The van der Waals surface area contributed by atoms with E-state index in [1.54, 1.807) is 30.5 Å². The van der Waals surface area contributed by atoms with E-state index in [1.807, 2.05) is 71.4 Å². The van der Waals surface area contributed by atoms with Gasteiger partial charge >= 0.3 is 5.97 Å². The third-order valence-electron chi connectivity index (χ3n) is 7.84. The lowest BCUT2D eigenvalue weighted by Crippen LogP contribution is -2.39. The molecule has 2 aromatic heterocycles. The van der Waals surface area contributed by atoms with Crippen molar-refractivity contribution >= 4 is 34.3 Å². The lowest BCUT2D eigenvalue weighted by molar-refractivity contribution is -0.139. The second kappa shape index (κ2) is 11.6. The van der Waals surface area contributed by atoms with Crippen LogP contribution in [0.1, 0.15) is 61.9 Å². The quantitative estimate of drug-likeness (QED) is 0.216. The molecule has 0 radical (unpaired) electrons. The lowest BCUT2D eigenvalue weighted by Gasteiger charge is -2.25. The van der Waals surface area contributed by atoms with Gasteiger partial charge in [0, 0.05) is 28.2 Å². The number of nitrogens with zero attached hydrogens (tertiary/aromatic N) is 3. The fourth-order valence-electron chi connectivity index (χ4n) is 5.64. The Labute approximate surface area is 252 Å². The van der Waals surface area contributed by atoms with Crippen molar-refractivity contribution in [2.24, 2.45) is 4.99 Å². The zero-order chi connectivity index (χ0) is 30.2. The molecule has 1 atom stereocenters. The number of hydrogen-bond acceptors (Lipinski definition) is 5. The Balaban J connectivity index is 1.51. The van der Waals surface area contributed by atoms with Gasteiger partial charge in [0.25, 0.3) is 5.56 Å². The minimum absolute atomic E-state index is 0.218. The summed E-state index contributed by atoms with van der Waals surface area (Å²) < 4.78 is 24.0. The molecule has 5 aromatic rings. The Hall–Kier alpha value is -4.56. The SMILES string of the molecule is CCOC(=O)C1=C(C)N=c2sc(=Cc3cn(Cc4ccccc4F)c4ccccc34)c(=O)n2[C@H]1c1ccc(C(C)C)cc1. The molecule has 0 aliphatic carbocycles. The van der Waals surface area contributed by atoms with E-state index in [9.17, 15) is 14.0 Å². The average molecular weight is 594 g/mol. The molecule has 3 heterocycles. The summed E-state index contributed by atoms with van der Waals surface area (Å²) in [6, 6.07) is 22.0. The van der Waals surface area contributed by atoms with Gasteiger partial charge in [0.15, 0.2) is 4.80 Å². The number of carbonyl (C=O) groups excluding carboxylic acids is 1. The number of carbonyl (C=O) groups is 1. The number of aromatic nitrogens is 2. The van der Waals surface area contributed by atoms with E-state index in [0.29, 0.717) is 38.6 Å². The van der Waals surface area contributed by atoms with Crippen LogP contribution in [0.15, 0.2) is 100 Å². The van der Waals surface area contributed by atoms with Crippen molar-refractivity contribution in [3.05, 3.63) is 138 Å². The van der Waals surface area contributed by atoms with Crippen molar-refractivity contribution < 1.29 is 13.9 Å². The molecular formula is C35H32FN3O3S. The predicted molar refractivity (Wildman–Crippen MR) is 168 cm³/mol. The summed E-state index contributed by atoms with van der Waals surface area (Å²) in [6.45, 7) is 8.37. The van der Waals surface area contributed by atoms with E-state index in [4.69, 9.17) is 9.73 Å². The summed E-state index contributed by atoms with van der Waals surface area (Å²) in [5.41, 5.74) is 5.01. The highest BCUT2D eigenvalue weighted by Crippen LogP contribution is 2.32. The number of esters is 1. The molecule has 1 aliphatic rings. The first-order valence-electron chi connectivity index (χ1n) is 14.4. The maximum Gasteiger partial charge on any atom is 0.338 e. The summed E-state index contributed by atoms with van der Waals surface area (Å²) in [7, 11) is 0. The average Bonchev–Trinajstić information content (AvgIpc) is 3.50. The number of allylic oxidation sites excluding steroid dienone is 1. The first-order valence-corrected chi connectivity index (χ1v) is 15.2. The molecule has 6 rings (SSSR count). The smallest absolute Gasteiger partial charge is 0.338 e. The summed E-state index contributed by atoms with van der Waals surface area (Å²) in [6.07, 6.45) is 3.82. The molecule has 0 unspecified atom stereocenters. The van der Waals surface area contributed by atoms with E-state index < -0.39 is 12.0 Å². The lowest BCUT2D eigenvalue weighted by atomic mass is 9.93. The van der Waals surface area contributed by atoms with E-state index in [-0.39, 0.29) is 18.0 Å². The Morgan fingerprint density at radius 2 is 1.79 bits per heavy atom. The number of fused-ring (bicyclic) bond motifs is 2. The third-order valence-corrected chi connectivity index (χ3v) is 8.82. The Morgan fingerprint density at radius 1 is 1.07 bits per heavy atom. The molecule has 6 nitrogen and oxygen atoms in total. The first-order chi connectivity index (χ1) is 20.8. The molecular weight excluding hydrogens is 561 g/mol. The Bertz CT molecular complexity index is 2070. The Morgan fingerprint density at radius 3 is 2.51 bits per heavy atom. The van der Waals surface area contributed by atoms with Crippen molar-refractivity contribution in [3.63, 3.8) is 0 Å². The number of thiazole rings is 1. The zero-order valence-electron chi connectivity index (χ0n) is 24.5. The number of rotatable bonds is 7. The van der Waals surface area contributed by atoms with Gasteiger partial charge in [-0.25, -0.2) is 14.2 Å². The molecule has 1 aliphatic heterocycles. The van der Waals surface area contributed by atoms with Gasteiger partial charge in [-0.15, -0.1) is 0 Å². The second-order valence-electron chi connectivity index (χ2n) is 10.9. The summed E-state index contributed by atoms with van der Waals surface area (Å²) in [5, 5.41) is 0.953. The first kappa shape index (κ1) is 28.6. The molecule has 8 heteroatoms. The Kier molecular flexibility index (Phi) is 7.71. The predicted octanol–water partition coefficient (Wildman–Crippen LogP) is 6.06. The molecule has 0 amide bonds. The van der Waals surface area contributed by atoms with Crippen LogP contribution in [0.2, 0.25) is 0 Å². The van der Waals surface area contributed by atoms with Crippen LogP contribution in [0.3, 0.4) is 0 Å². The monoisotopic (exact) mass is 593 g/mol. The maximum atomic E-state index is 14.5. The minimum Gasteiger partial charge on any atom is -0.463 e. The van der Waals surface area contributed by atoms with E-state index in [2.05, 4.69) is 13.8 Å². The molecule has 218 valence electrons. The fraction of sp³-hybridized carbons (Fsp3) is 0.229. The van der Waals surface area contributed by atoms with Crippen LogP contribution in [0.5, 0.6) is 0 Å². The summed E-state index contributed by atoms with van der Waals surface area (Å²) >= 11 is 1.29. The molecule has 0 fully saturated rings. The van der Waals surface area contributed by atoms with Crippen LogP contribution in [-0.4, -0.2) is 21.7 Å². The van der Waals surface area contributed by atoms with Crippen LogP contribution in [0.4, 0.5) is 4.39 Å². The van der Waals surface area contributed by atoms with E-state index in [1.165, 1.54) is 23.0 Å². The van der Waals surface area contributed by atoms with Gasteiger partial charge in [0.1, 0.15) is 5.82 Å². The van der Waals surface area contributed by atoms with Crippen LogP contribution >= 0.6 is 11.3 Å². The highest BCUT2D eigenvalue weighted by atomic mass is 32.1. The van der Waals surface area contributed by atoms with Gasteiger partial charge in [0.05, 0.1) is 35.0 Å². The second-order valence-corrected chi connectivity index (χ2v) is 12.0. The zero-order valence-corrected chi connectivity index (χ0v) is 25.3. The number of ether oxygens (including phenoxy) is 1. The molecule has 0 bridgehead atoms. The van der Waals surface area contributed by atoms with Gasteiger partial charge in [-0.3, -0.25) is 9.36 Å². The van der Waals surface area contributed by atoms with E-state index >= 15 is 0 Å². The molecule has 0 spiro atoms. The largest absolute Gasteiger partial charge is 0.463 e. The van der Waals surface area contributed by atoms with Crippen LogP contribution < -0.4 is 14.9 Å². The molecule has 0 saturated heterocycles. The third kappa shape index (κ3) is 5.27. The van der Waals surface area contributed by atoms with Crippen molar-refractivity contribution in [1.29, 1.82) is 0 Å². The normalized spacial score (nSPS) is 15.2. The maximum absolute atomic E-state index is 14.5. The topological polar surface area (TPSA) is 65.6 Å². The number of halogens is 1. The molecule has 43 heavy (non-hydrogen) atoms. The fourth-order valence-corrected chi connectivity index (χ4v) is 6.68. The van der Waals surface area contributed by atoms with Gasteiger partial charge in [-0.05, 0) is 49.1 Å². The minimum atomic E-state index is -0.666. The van der Waals surface area contributed by atoms with Gasteiger partial charge in [0.2, 0.25) is 0 Å². The number of para-hydroxylation sites is 1. The van der Waals surface area contributed by atoms with Gasteiger partial charge < -0.3 is 9.30 Å². The van der Waals surface area contributed by atoms with Crippen LogP contribution in [0.25, 0.3) is 17.0 Å².